The van der Waals surface area contributed by atoms with Gasteiger partial charge in [-0.25, -0.2) is 4.98 Å². The second-order valence-electron chi connectivity index (χ2n) is 5.38. The summed E-state index contributed by atoms with van der Waals surface area (Å²) in [5.74, 6) is 0.527. The number of rotatable bonds is 6. The number of carbonyl (C=O) groups is 1. The molecule has 0 aliphatic rings. The van der Waals surface area contributed by atoms with Gasteiger partial charge in [-0.1, -0.05) is 11.6 Å². The number of amides is 1. The van der Waals surface area contributed by atoms with Crippen LogP contribution in [0.3, 0.4) is 0 Å². The highest BCUT2D eigenvalue weighted by Crippen LogP contribution is 2.29. The fourth-order valence-electron chi connectivity index (χ4n) is 2.57. The number of hydrogen-bond acceptors (Lipinski definition) is 4. The summed E-state index contributed by atoms with van der Waals surface area (Å²) >= 11 is 6.12. The van der Waals surface area contributed by atoms with Gasteiger partial charge in [-0.05, 0) is 36.4 Å². The van der Waals surface area contributed by atoms with Crippen molar-refractivity contribution in [3.8, 4) is 11.4 Å². The first kappa shape index (κ1) is 17.3. The number of ether oxygens (including phenoxy) is 2. The average molecular weight is 360 g/mol. The topological polar surface area (TPSA) is 65.4 Å². The Labute approximate surface area is 150 Å². The van der Waals surface area contributed by atoms with Gasteiger partial charge in [0.25, 0.3) is 5.91 Å². The first-order valence-corrected chi connectivity index (χ1v) is 8.10. The third-order valence-corrected chi connectivity index (χ3v) is 4.04. The van der Waals surface area contributed by atoms with Crippen molar-refractivity contribution in [2.45, 2.75) is 0 Å². The van der Waals surface area contributed by atoms with Crippen molar-refractivity contribution in [3.63, 3.8) is 0 Å². The molecule has 1 aromatic heterocycles. The van der Waals surface area contributed by atoms with Crippen molar-refractivity contribution in [1.29, 1.82) is 0 Å². The maximum absolute atomic E-state index is 12.1. The van der Waals surface area contributed by atoms with Crippen molar-refractivity contribution in [2.24, 2.45) is 0 Å². The third-order valence-electron chi connectivity index (χ3n) is 3.80. The van der Waals surface area contributed by atoms with Gasteiger partial charge < -0.3 is 14.8 Å². The highest BCUT2D eigenvalue weighted by atomic mass is 35.5. The first-order chi connectivity index (χ1) is 12.1. The molecular formula is C18H18ClN3O3. The minimum atomic E-state index is -0.158. The van der Waals surface area contributed by atoms with Gasteiger partial charge in [-0.2, -0.15) is 0 Å². The number of aromatic nitrogens is 2. The Morgan fingerprint density at radius 1 is 1.24 bits per heavy atom. The molecule has 1 amide bonds. The van der Waals surface area contributed by atoms with Crippen LogP contribution in [0.1, 0.15) is 10.4 Å². The van der Waals surface area contributed by atoms with E-state index in [1.807, 2.05) is 16.7 Å². The minimum absolute atomic E-state index is 0.158. The van der Waals surface area contributed by atoms with E-state index in [-0.39, 0.29) is 5.91 Å². The predicted molar refractivity (Wildman–Crippen MR) is 96.8 cm³/mol. The molecule has 2 aromatic carbocycles. The van der Waals surface area contributed by atoms with E-state index in [9.17, 15) is 4.79 Å². The maximum Gasteiger partial charge on any atom is 0.251 e. The number of methoxy groups -OCH3 is 2. The van der Waals surface area contributed by atoms with E-state index in [0.717, 1.165) is 11.2 Å². The van der Waals surface area contributed by atoms with Crippen LogP contribution in [-0.2, 0) is 4.74 Å². The molecule has 7 heteroatoms. The fourth-order valence-corrected chi connectivity index (χ4v) is 2.73. The Balaban J connectivity index is 1.96. The molecule has 0 saturated heterocycles. The van der Waals surface area contributed by atoms with E-state index >= 15 is 0 Å². The molecule has 0 radical (unpaired) electrons. The molecule has 0 unspecified atom stereocenters. The summed E-state index contributed by atoms with van der Waals surface area (Å²) in [6, 6.07) is 10.8. The Morgan fingerprint density at radius 3 is 2.84 bits per heavy atom. The molecule has 3 rings (SSSR count). The highest BCUT2D eigenvalue weighted by Gasteiger charge is 2.13. The number of hydrogen-bond donors (Lipinski definition) is 1. The van der Waals surface area contributed by atoms with Crippen molar-refractivity contribution in [3.05, 3.63) is 53.3 Å². The molecule has 0 saturated carbocycles. The summed E-state index contributed by atoms with van der Waals surface area (Å²) in [7, 11) is 3.20. The smallest absolute Gasteiger partial charge is 0.251 e. The average Bonchev–Trinajstić information content (AvgIpc) is 3.04. The van der Waals surface area contributed by atoms with E-state index in [2.05, 4.69) is 10.3 Å². The lowest BCUT2D eigenvalue weighted by Gasteiger charge is -2.11. The Kier molecular flexibility index (Phi) is 5.21. The van der Waals surface area contributed by atoms with Gasteiger partial charge in [0.05, 0.1) is 30.4 Å². The van der Waals surface area contributed by atoms with Gasteiger partial charge >= 0.3 is 0 Å². The molecule has 1 N–H and O–H groups in total. The van der Waals surface area contributed by atoms with Crippen LogP contribution in [0.25, 0.3) is 16.7 Å². The monoisotopic (exact) mass is 359 g/mol. The molecule has 6 nitrogen and oxygen atoms in total. The molecule has 0 aliphatic carbocycles. The molecule has 1 heterocycles. The summed E-state index contributed by atoms with van der Waals surface area (Å²) in [6.07, 6.45) is 1.69. The summed E-state index contributed by atoms with van der Waals surface area (Å²) in [4.78, 5) is 16.5. The van der Waals surface area contributed by atoms with Crippen LogP contribution in [0.4, 0.5) is 0 Å². The first-order valence-electron chi connectivity index (χ1n) is 7.72. The molecule has 0 bridgehead atoms. The van der Waals surface area contributed by atoms with E-state index < -0.39 is 0 Å². The van der Waals surface area contributed by atoms with Gasteiger partial charge in [-0.15, -0.1) is 0 Å². The van der Waals surface area contributed by atoms with Crippen molar-refractivity contribution in [2.75, 3.05) is 27.4 Å². The van der Waals surface area contributed by atoms with Gasteiger partial charge in [0, 0.05) is 24.2 Å². The van der Waals surface area contributed by atoms with E-state index in [0.29, 0.717) is 35.0 Å². The SMILES string of the molecule is COCCNC(=O)c1ccc2c(c1)ncn2-c1cc(Cl)ccc1OC. The van der Waals surface area contributed by atoms with Crippen molar-refractivity contribution >= 4 is 28.5 Å². The Bertz CT molecular complexity index is 908. The molecule has 130 valence electrons. The number of nitrogens with zero attached hydrogens (tertiary/aromatic N) is 2. The summed E-state index contributed by atoms with van der Waals surface area (Å²) in [5.41, 5.74) is 2.90. The van der Waals surface area contributed by atoms with E-state index in [1.54, 1.807) is 44.8 Å². The predicted octanol–water partition coefficient (Wildman–Crippen LogP) is 3.06. The van der Waals surface area contributed by atoms with Gasteiger partial charge in [0.2, 0.25) is 0 Å². The molecule has 0 atom stereocenters. The van der Waals surface area contributed by atoms with Crippen LogP contribution >= 0.6 is 11.6 Å². The Hall–Kier alpha value is -2.57. The fraction of sp³-hybridized carbons (Fsp3) is 0.222. The van der Waals surface area contributed by atoms with Crippen molar-refractivity contribution < 1.29 is 14.3 Å². The normalized spacial score (nSPS) is 10.8. The molecule has 3 aromatic rings. The number of fused-ring (bicyclic) bond motifs is 1. The van der Waals surface area contributed by atoms with Crippen LogP contribution in [0.5, 0.6) is 5.75 Å². The minimum Gasteiger partial charge on any atom is -0.495 e. The van der Waals surface area contributed by atoms with E-state index in [1.165, 1.54) is 0 Å². The molecule has 0 aliphatic heterocycles. The van der Waals surface area contributed by atoms with E-state index in [4.69, 9.17) is 21.1 Å². The lowest BCUT2D eigenvalue weighted by Crippen LogP contribution is -2.26. The molecule has 25 heavy (non-hydrogen) atoms. The van der Waals surface area contributed by atoms with Crippen LogP contribution < -0.4 is 10.1 Å². The number of benzene rings is 2. The quantitative estimate of drug-likeness (QED) is 0.687. The lowest BCUT2D eigenvalue weighted by molar-refractivity contribution is 0.0937. The standard InChI is InChI=1S/C18H18ClN3O3/c1-24-8-7-20-18(23)12-3-5-15-14(9-12)21-11-22(15)16-10-13(19)4-6-17(16)25-2/h3-6,9-11H,7-8H2,1-2H3,(H,20,23). The number of carbonyl (C=O) groups excluding carboxylic acids is 1. The Morgan fingerprint density at radius 2 is 2.08 bits per heavy atom. The zero-order valence-electron chi connectivity index (χ0n) is 14.0. The van der Waals surface area contributed by atoms with Crippen LogP contribution in [0.15, 0.2) is 42.7 Å². The van der Waals surface area contributed by atoms with Crippen LogP contribution in [0, 0.1) is 0 Å². The highest BCUT2D eigenvalue weighted by molar-refractivity contribution is 6.30. The largest absolute Gasteiger partial charge is 0.495 e. The second kappa shape index (κ2) is 7.55. The zero-order valence-corrected chi connectivity index (χ0v) is 14.7. The lowest BCUT2D eigenvalue weighted by atomic mass is 10.2. The summed E-state index contributed by atoms with van der Waals surface area (Å²) in [5, 5.41) is 3.40. The van der Waals surface area contributed by atoms with Gasteiger partial charge in [-0.3, -0.25) is 9.36 Å². The van der Waals surface area contributed by atoms with Crippen LogP contribution in [0.2, 0.25) is 5.02 Å². The summed E-state index contributed by atoms with van der Waals surface area (Å²) < 4.78 is 12.2. The number of halogens is 1. The molecular weight excluding hydrogens is 342 g/mol. The zero-order chi connectivity index (χ0) is 17.8. The summed E-state index contributed by atoms with van der Waals surface area (Å²) in [6.45, 7) is 0.929. The van der Waals surface area contributed by atoms with Crippen LogP contribution in [-0.4, -0.2) is 42.8 Å². The maximum atomic E-state index is 12.1. The molecule has 0 spiro atoms. The number of imidazole rings is 1. The van der Waals surface area contributed by atoms with Gasteiger partial charge in [0.15, 0.2) is 0 Å². The second-order valence-corrected chi connectivity index (χ2v) is 5.82. The van der Waals surface area contributed by atoms with Crippen molar-refractivity contribution in [1.82, 2.24) is 14.9 Å². The molecule has 0 fully saturated rings. The van der Waals surface area contributed by atoms with Gasteiger partial charge in [0.1, 0.15) is 12.1 Å². The number of nitrogens with one attached hydrogen (secondary N) is 1. The third kappa shape index (κ3) is 3.60.